The Bertz CT molecular complexity index is 1180. The van der Waals surface area contributed by atoms with E-state index in [0.717, 1.165) is 32.5 Å². The first-order chi connectivity index (χ1) is 13.6. The molecule has 140 valence electrons. The van der Waals surface area contributed by atoms with Crippen LogP contribution in [0, 0.1) is 13.8 Å². The van der Waals surface area contributed by atoms with Crippen molar-refractivity contribution in [2.75, 3.05) is 0 Å². The van der Waals surface area contributed by atoms with Gasteiger partial charge in [-0.25, -0.2) is 9.67 Å². The summed E-state index contributed by atoms with van der Waals surface area (Å²) < 4.78 is 1.93. The minimum Gasteiger partial charge on any atom is -0.255 e. The van der Waals surface area contributed by atoms with Crippen LogP contribution in [0.25, 0.3) is 10.6 Å². The number of hydrogen-bond acceptors (Lipinski definition) is 5. The zero-order valence-corrected chi connectivity index (χ0v) is 17.6. The number of rotatable bonds is 4. The number of thiophene rings is 1. The molecule has 0 N–H and O–H groups in total. The van der Waals surface area contributed by atoms with Gasteiger partial charge in [0.15, 0.2) is 0 Å². The maximum absolute atomic E-state index is 4.94. The van der Waals surface area contributed by atoms with Gasteiger partial charge in [-0.2, -0.15) is 5.10 Å². The predicted octanol–water partition coefficient (Wildman–Crippen LogP) is 5.79. The molecule has 6 heteroatoms. The molecule has 0 atom stereocenters. The van der Waals surface area contributed by atoms with E-state index in [1.807, 2.05) is 41.9 Å². The highest BCUT2D eigenvalue weighted by molar-refractivity contribution is 7.14. The molecule has 0 unspecified atom stereocenters. The summed E-state index contributed by atoms with van der Waals surface area (Å²) >= 11 is 3.29. The molecule has 4 rings (SSSR count). The van der Waals surface area contributed by atoms with Crippen LogP contribution < -0.4 is 4.80 Å². The molecule has 0 saturated carbocycles. The van der Waals surface area contributed by atoms with Crippen molar-refractivity contribution in [1.29, 1.82) is 0 Å². The van der Waals surface area contributed by atoms with E-state index in [1.165, 1.54) is 11.1 Å². The zero-order chi connectivity index (χ0) is 19.5. The second kappa shape index (κ2) is 8.04. The van der Waals surface area contributed by atoms with E-state index in [1.54, 1.807) is 28.9 Å². The first-order valence-corrected chi connectivity index (χ1v) is 10.7. The molecule has 28 heavy (non-hydrogen) atoms. The fourth-order valence-corrected chi connectivity index (χ4v) is 4.44. The number of aromatic nitrogens is 2. The van der Waals surface area contributed by atoms with Crippen LogP contribution in [-0.4, -0.2) is 15.4 Å². The smallest absolute Gasteiger partial charge is 0.211 e. The van der Waals surface area contributed by atoms with Crippen molar-refractivity contribution in [2.45, 2.75) is 20.8 Å². The summed E-state index contributed by atoms with van der Waals surface area (Å²) in [5.41, 5.74) is 6.13. The Balaban J connectivity index is 1.91. The molecule has 0 aliphatic carbocycles. The third kappa shape index (κ3) is 3.74. The molecule has 0 spiro atoms. The second-order valence-electron chi connectivity index (χ2n) is 6.42. The maximum Gasteiger partial charge on any atom is 0.211 e. The van der Waals surface area contributed by atoms with Gasteiger partial charge in [0, 0.05) is 11.6 Å². The molecule has 0 bridgehead atoms. The molecule has 3 heterocycles. The molecule has 3 aromatic heterocycles. The van der Waals surface area contributed by atoms with E-state index in [2.05, 4.69) is 47.8 Å². The van der Waals surface area contributed by atoms with Gasteiger partial charge in [0.25, 0.3) is 0 Å². The molecule has 0 radical (unpaired) electrons. The summed E-state index contributed by atoms with van der Waals surface area (Å²) in [6.07, 6.45) is 1.79. The third-order valence-electron chi connectivity index (χ3n) is 4.54. The molecular formula is C22H20N4S2. The lowest BCUT2D eigenvalue weighted by molar-refractivity contribution is 0.848. The standard InChI is InChI=1S/C22H20N4S2/c1-15-8-6-10-18(16(15)2)24-22-26(20(14-28-22)21-11-7-13-27-21)25-17(3)19-9-4-5-12-23-19/h4-14H,1-3H3. The van der Waals surface area contributed by atoms with Gasteiger partial charge in [0.2, 0.25) is 4.80 Å². The number of pyridine rings is 1. The van der Waals surface area contributed by atoms with Crippen LogP contribution in [0.3, 0.4) is 0 Å². The second-order valence-corrected chi connectivity index (χ2v) is 8.21. The first-order valence-electron chi connectivity index (χ1n) is 8.96. The average molecular weight is 405 g/mol. The summed E-state index contributed by atoms with van der Waals surface area (Å²) in [6.45, 7) is 6.19. The van der Waals surface area contributed by atoms with Crippen LogP contribution in [0.2, 0.25) is 0 Å². The highest BCUT2D eigenvalue weighted by Gasteiger charge is 2.10. The van der Waals surface area contributed by atoms with Crippen molar-refractivity contribution in [1.82, 2.24) is 9.66 Å². The molecule has 0 amide bonds. The van der Waals surface area contributed by atoms with Crippen LogP contribution in [0.1, 0.15) is 23.7 Å². The summed E-state index contributed by atoms with van der Waals surface area (Å²) in [4.78, 5) is 11.4. The maximum atomic E-state index is 4.94. The van der Waals surface area contributed by atoms with E-state index in [0.29, 0.717) is 0 Å². The lowest BCUT2D eigenvalue weighted by Crippen LogP contribution is -2.14. The van der Waals surface area contributed by atoms with Gasteiger partial charge in [0.05, 0.1) is 27.7 Å². The summed E-state index contributed by atoms with van der Waals surface area (Å²) in [5, 5.41) is 9.08. The molecule has 0 aliphatic heterocycles. The fraction of sp³-hybridized carbons (Fsp3) is 0.136. The van der Waals surface area contributed by atoms with E-state index < -0.39 is 0 Å². The van der Waals surface area contributed by atoms with Crippen LogP contribution in [0.5, 0.6) is 0 Å². The molecule has 4 nitrogen and oxygen atoms in total. The third-order valence-corrected chi connectivity index (χ3v) is 6.25. The van der Waals surface area contributed by atoms with Gasteiger partial charge < -0.3 is 0 Å². The Morgan fingerprint density at radius 3 is 2.64 bits per heavy atom. The summed E-state index contributed by atoms with van der Waals surface area (Å²) in [5.74, 6) is 0. The zero-order valence-electron chi connectivity index (χ0n) is 16.0. The number of aryl methyl sites for hydroxylation is 1. The van der Waals surface area contributed by atoms with Crippen molar-refractivity contribution < 1.29 is 0 Å². The predicted molar refractivity (Wildman–Crippen MR) is 119 cm³/mol. The minimum atomic E-state index is 0.840. The van der Waals surface area contributed by atoms with Crippen molar-refractivity contribution in [2.24, 2.45) is 10.1 Å². The lowest BCUT2D eigenvalue weighted by Gasteiger charge is -2.06. The van der Waals surface area contributed by atoms with E-state index in [-0.39, 0.29) is 0 Å². The Labute approximate surface area is 172 Å². The molecular weight excluding hydrogens is 384 g/mol. The Morgan fingerprint density at radius 2 is 1.89 bits per heavy atom. The first kappa shape index (κ1) is 18.5. The van der Waals surface area contributed by atoms with Crippen molar-refractivity contribution in [3.05, 3.63) is 87.1 Å². The topological polar surface area (TPSA) is 42.5 Å². The van der Waals surface area contributed by atoms with Gasteiger partial charge in [-0.15, -0.1) is 22.7 Å². The largest absolute Gasteiger partial charge is 0.255 e. The SMILES string of the molecule is CC(=Nn1c(-c2cccs2)csc1=Nc1cccc(C)c1C)c1ccccn1. The van der Waals surface area contributed by atoms with Crippen LogP contribution >= 0.6 is 22.7 Å². The van der Waals surface area contributed by atoms with Gasteiger partial charge >= 0.3 is 0 Å². The monoisotopic (exact) mass is 404 g/mol. The molecule has 4 aromatic rings. The normalized spacial score (nSPS) is 12.5. The fourth-order valence-electron chi connectivity index (χ4n) is 2.81. The van der Waals surface area contributed by atoms with Crippen molar-refractivity contribution in [3.63, 3.8) is 0 Å². The molecule has 0 fully saturated rings. The van der Waals surface area contributed by atoms with Crippen LogP contribution in [0.15, 0.2) is 75.6 Å². The number of benzene rings is 1. The average Bonchev–Trinajstić information content (AvgIpc) is 3.36. The molecule has 1 aromatic carbocycles. The number of thiazole rings is 1. The van der Waals surface area contributed by atoms with Gasteiger partial charge in [-0.3, -0.25) is 4.98 Å². The molecule has 0 aliphatic rings. The Kier molecular flexibility index (Phi) is 5.32. The van der Waals surface area contributed by atoms with Crippen LogP contribution in [0.4, 0.5) is 5.69 Å². The molecule has 0 saturated heterocycles. The highest BCUT2D eigenvalue weighted by atomic mass is 32.1. The Morgan fingerprint density at radius 1 is 1.00 bits per heavy atom. The van der Waals surface area contributed by atoms with Crippen molar-refractivity contribution in [3.8, 4) is 10.6 Å². The lowest BCUT2D eigenvalue weighted by atomic mass is 10.1. The minimum absolute atomic E-state index is 0.840. The van der Waals surface area contributed by atoms with Crippen LogP contribution in [-0.2, 0) is 0 Å². The van der Waals surface area contributed by atoms with Gasteiger partial charge in [0.1, 0.15) is 0 Å². The number of nitrogens with zero attached hydrogens (tertiary/aromatic N) is 4. The summed E-state index contributed by atoms with van der Waals surface area (Å²) in [6, 6.07) is 16.2. The Hall–Kier alpha value is -2.83. The van der Waals surface area contributed by atoms with E-state index >= 15 is 0 Å². The van der Waals surface area contributed by atoms with Gasteiger partial charge in [-0.05, 0) is 61.5 Å². The quantitative estimate of drug-likeness (QED) is 0.397. The van der Waals surface area contributed by atoms with Crippen molar-refractivity contribution >= 4 is 34.1 Å². The summed E-state index contributed by atoms with van der Waals surface area (Å²) in [7, 11) is 0. The van der Waals surface area contributed by atoms with E-state index in [9.17, 15) is 0 Å². The van der Waals surface area contributed by atoms with Gasteiger partial charge in [-0.1, -0.05) is 24.3 Å². The highest BCUT2D eigenvalue weighted by Crippen LogP contribution is 2.26. The van der Waals surface area contributed by atoms with E-state index in [4.69, 9.17) is 10.1 Å². The number of hydrogen-bond donors (Lipinski definition) is 0.